The highest BCUT2D eigenvalue weighted by molar-refractivity contribution is 7.28. The number of ether oxygens (including phenoxy) is 1. The Balaban J connectivity index is 2.49. The van der Waals surface area contributed by atoms with E-state index in [2.05, 4.69) is 0 Å². The van der Waals surface area contributed by atoms with E-state index in [0.29, 0.717) is 18.0 Å². The highest BCUT2D eigenvalue weighted by atomic mass is 32.1. The maximum Gasteiger partial charge on any atom is 0.348 e. The molecular formula is C10H11NO2S2. The predicted octanol–water partition coefficient (Wildman–Crippen LogP) is 2.60. The Kier molecular flexibility index (Phi) is 3.04. The molecule has 15 heavy (non-hydrogen) atoms. The molecule has 0 fully saturated rings. The summed E-state index contributed by atoms with van der Waals surface area (Å²) in [6.45, 7) is 2.58. The standard InChI is InChI=1S/C10H11NO2S2/c1-2-13-10(12)9-6(5-11)8-7(15-9)3-4-14-8/h3-4H,2,5,11H2,1H3. The zero-order valence-electron chi connectivity index (χ0n) is 8.28. The summed E-state index contributed by atoms with van der Waals surface area (Å²) in [7, 11) is 0. The number of hydrogen-bond acceptors (Lipinski definition) is 5. The lowest BCUT2D eigenvalue weighted by molar-refractivity contribution is 0.0531. The van der Waals surface area contributed by atoms with E-state index in [9.17, 15) is 4.79 Å². The van der Waals surface area contributed by atoms with Crippen LogP contribution in [0.5, 0.6) is 0 Å². The van der Waals surface area contributed by atoms with Gasteiger partial charge in [-0.2, -0.15) is 0 Å². The fourth-order valence-electron chi connectivity index (χ4n) is 1.42. The summed E-state index contributed by atoms with van der Waals surface area (Å²) in [5.41, 5.74) is 6.58. The van der Waals surface area contributed by atoms with Crippen LogP contribution in [0, 0.1) is 0 Å². The Labute approximate surface area is 95.5 Å². The lowest BCUT2D eigenvalue weighted by atomic mass is 10.2. The highest BCUT2D eigenvalue weighted by Crippen LogP contribution is 2.35. The van der Waals surface area contributed by atoms with Gasteiger partial charge < -0.3 is 10.5 Å². The van der Waals surface area contributed by atoms with Crippen molar-refractivity contribution in [2.75, 3.05) is 6.61 Å². The molecule has 0 aliphatic heterocycles. The van der Waals surface area contributed by atoms with Gasteiger partial charge >= 0.3 is 5.97 Å². The summed E-state index contributed by atoms with van der Waals surface area (Å²) < 4.78 is 7.22. The zero-order valence-corrected chi connectivity index (χ0v) is 9.91. The van der Waals surface area contributed by atoms with Crippen LogP contribution < -0.4 is 5.73 Å². The van der Waals surface area contributed by atoms with Gasteiger partial charge in [0.15, 0.2) is 0 Å². The molecule has 0 aromatic carbocycles. The number of nitrogens with two attached hydrogens (primary N) is 1. The van der Waals surface area contributed by atoms with E-state index in [1.165, 1.54) is 11.3 Å². The van der Waals surface area contributed by atoms with E-state index in [4.69, 9.17) is 10.5 Å². The maximum absolute atomic E-state index is 11.6. The van der Waals surface area contributed by atoms with E-state index in [1.807, 2.05) is 11.4 Å². The fourth-order valence-corrected chi connectivity index (χ4v) is 3.71. The van der Waals surface area contributed by atoms with Crippen LogP contribution in [0.3, 0.4) is 0 Å². The third-order valence-corrected chi connectivity index (χ3v) is 4.33. The largest absolute Gasteiger partial charge is 0.462 e. The van der Waals surface area contributed by atoms with Gasteiger partial charge in [0.05, 0.1) is 11.3 Å². The third-order valence-electron chi connectivity index (χ3n) is 2.05. The highest BCUT2D eigenvalue weighted by Gasteiger charge is 2.18. The zero-order chi connectivity index (χ0) is 10.8. The Morgan fingerprint density at radius 1 is 1.60 bits per heavy atom. The first kappa shape index (κ1) is 10.6. The molecule has 0 bridgehead atoms. The second-order valence-electron chi connectivity index (χ2n) is 2.95. The van der Waals surface area contributed by atoms with Gasteiger partial charge in [-0.05, 0) is 18.4 Å². The number of carbonyl (C=O) groups excluding carboxylic acids is 1. The Hall–Kier alpha value is -0.910. The van der Waals surface area contributed by atoms with Crippen molar-refractivity contribution < 1.29 is 9.53 Å². The molecule has 2 heterocycles. The molecule has 0 amide bonds. The van der Waals surface area contributed by atoms with E-state index in [0.717, 1.165) is 15.0 Å². The molecule has 2 aromatic rings. The first-order valence-electron chi connectivity index (χ1n) is 4.64. The molecule has 0 aliphatic rings. The first-order valence-corrected chi connectivity index (χ1v) is 6.33. The second-order valence-corrected chi connectivity index (χ2v) is 4.92. The van der Waals surface area contributed by atoms with Gasteiger partial charge in [0, 0.05) is 16.8 Å². The third kappa shape index (κ3) is 1.78. The fraction of sp³-hybridized carbons (Fsp3) is 0.300. The summed E-state index contributed by atoms with van der Waals surface area (Å²) in [5, 5.41) is 2.01. The number of esters is 1. The Morgan fingerprint density at radius 2 is 2.40 bits per heavy atom. The summed E-state index contributed by atoms with van der Waals surface area (Å²) in [5.74, 6) is -0.258. The molecule has 80 valence electrons. The van der Waals surface area contributed by atoms with Gasteiger partial charge in [-0.3, -0.25) is 0 Å². The molecule has 0 saturated carbocycles. The van der Waals surface area contributed by atoms with Gasteiger partial charge in [-0.1, -0.05) is 0 Å². The SMILES string of the molecule is CCOC(=O)c1sc2ccsc2c1CN. The molecule has 0 spiro atoms. The molecule has 2 aromatic heterocycles. The van der Waals surface area contributed by atoms with Crippen molar-refractivity contribution in [2.24, 2.45) is 5.73 Å². The number of fused-ring (bicyclic) bond motifs is 1. The average Bonchev–Trinajstić information content (AvgIpc) is 2.76. The number of thiophene rings is 2. The van der Waals surface area contributed by atoms with Gasteiger partial charge in [-0.25, -0.2) is 4.79 Å². The van der Waals surface area contributed by atoms with E-state index in [1.54, 1.807) is 18.3 Å². The van der Waals surface area contributed by atoms with E-state index in [-0.39, 0.29) is 5.97 Å². The molecule has 5 heteroatoms. The number of hydrogen-bond donors (Lipinski definition) is 1. The Morgan fingerprint density at radius 3 is 3.07 bits per heavy atom. The molecule has 2 N–H and O–H groups in total. The molecule has 0 aliphatic carbocycles. The molecule has 0 unspecified atom stereocenters. The monoisotopic (exact) mass is 241 g/mol. The summed E-state index contributed by atoms with van der Waals surface area (Å²) in [4.78, 5) is 12.3. The van der Waals surface area contributed by atoms with Crippen molar-refractivity contribution in [3.05, 3.63) is 21.9 Å². The van der Waals surface area contributed by atoms with Crippen LogP contribution in [0.15, 0.2) is 11.4 Å². The lowest BCUT2D eigenvalue weighted by Crippen LogP contribution is -2.07. The van der Waals surface area contributed by atoms with Crippen molar-refractivity contribution in [3.8, 4) is 0 Å². The topological polar surface area (TPSA) is 52.3 Å². The number of carbonyl (C=O) groups is 1. The summed E-state index contributed by atoms with van der Waals surface area (Å²) in [6, 6.07) is 2.01. The number of rotatable bonds is 3. The van der Waals surface area contributed by atoms with Crippen LogP contribution in [0.2, 0.25) is 0 Å². The van der Waals surface area contributed by atoms with Gasteiger partial charge in [-0.15, -0.1) is 22.7 Å². The molecule has 0 saturated heterocycles. The van der Waals surface area contributed by atoms with E-state index >= 15 is 0 Å². The van der Waals surface area contributed by atoms with Crippen LogP contribution in [-0.4, -0.2) is 12.6 Å². The van der Waals surface area contributed by atoms with Crippen molar-refractivity contribution in [1.29, 1.82) is 0 Å². The Bertz CT molecular complexity index is 487. The minimum absolute atomic E-state index is 0.258. The van der Waals surface area contributed by atoms with Crippen LogP contribution in [0.1, 0.15) is 22.2 Å². The normalized spacial score (nSPS) is 10.8. The smallest absolute Gasteiger partial charge is 0.348 e. The quantitative estimate of drug-likeness (QED) is 0.840. The van der Waals surface area contributed by atoms with Crippen LogP contribution in [-0.2, 0) is 11.3 Å². The van der Waals surface area contributed by atoms with Crippen molar-refractivity contribution in [1.82, 2.24) is 0 Å². The minimum Gasteiger partial charge on any atom is -0.462 e. The van der Waals surface area contributed by atoms with Crippen molar-refractivity contribution in [2.45, 2.75) is 13.5 Å². The van der Waals surface area contributed by atoms with Gasteiger partial charge in [0.1, 0.15) is 4.88 Å². The lowest BCUT2D eigenvalue weighted by Gasteiger charge is -2.00. The first-order chi connectivity index (χ1) is 7.27. The van der Waals surface area contributed by atoms with E-state index < -0.39 is 0 Å². The van der Waals surface area contributed by atoms with Crippen LogP contribution in [0.4, 0.5) is 0 Å². The minimum atomic E-state index is -0.258. The molecular weight excluding hydrogens is 230 g/mol. The predicted molar refractivity (Wildman–Crippen MR) is 63.5 cm³/mol. The molecule has 0 radical (unpaired) electrons. The summed E-state index contributed by atoms with van der Waals surface area (Å²) in [6.07, 6.45) is 0. The van der Waals surface area contributed by atoms with Crippen LogP contribution in [0.25, 0.3) is 9.40 Å². The second kappa shape index (κ2) is 4.30. The van der Waals surface area contributed by atoms with Crippen molar-refractivity contribution >= 4 is 38.0 Å². The van der Waals surface area contributed by atoms with Gasteiger partial charge in [0.2, 0.25) is 0 Å². The molecule has 3 nitrogen and oxygen atoms in total. The van der Waals surface area contributed by atoms with Gasteiger partial charge in [0.25, 0.3) is 0 Å². The van der Waals surface area contributed by atoms with Crippen molar-refractivity contribution in [3.63, 3.8) is 0 Å². The average molecular weight is 241 g/mol. The molecule has 2 rings (SSSR count). The summed E-state index contributed by atoms with van der Waals surface area (Å²) >= 11 is 3.08. The molecule has 0 atom stereocenters. The maximum atomic E-state index is 11.6. The van der Waals surface area contributed by atoms with Crippen LogP contribution >= 0.6 is 22.7 Å².